The van der Waals surface area contributed by atoms with Crippen molar-refractivity contribution in [2.45, 2.75) is 39.8 Å². The lowest BCUT2D eigenvalue weighted by Crippen LogP contribution is -2.44. The topological polar surface area (TPSA) is 3.24 Å². The molecule has 1 aromatic rings. The summed E-state index contributed by atoms with van der Waals surface area (Å²) in [5.74, 6) is 0. The van der Waals surface area contributed by atoms with E-state index in [9.17, 15) is 0 Å². The van der Waals surface area contributed by atoms with Crippen LogP contribution in [0.15, 0.2) is 17.5 Å². The van der Waals surface area contributed by atoms with E-state index < -0.39 is 0 Å². The van der Waals surface area contributed by atoms with Gasteiger partial charge < -0.3 is 4.81 Å². The summed E-state index contributed by atoms with van der Waals surface area (Å²) in [6, 6.07) is 5.59. The Bertz CT molecular complexity index is 223. The standard InChI is InChI=1S/C10H18BNS/c1-8(2)12(9(3)4)11-10-6-5-7-13-10/h5-9,11H,1-4H3. The lowest BCUT2D eigenvalue weighted by atomic mass is 9.85. The van der Waals surface area contributed by atoms with Crippen LogP contribution in [-0.2, 0) is 0 Å². The van der Waals surface area contributed by atoms with E-state index in [0.29, 0.717) is 12.1 Å². The summed E-state index contributed by atoms with van der Waals surface area (Å²) in [6.07, 6.45) is 0. The molecule has 1 aromatic heterocycles. The van der Waals surface area contributed by atoms with Crippen LogP contribution in [0.3, 0.4) is 0 Å². The molecule has 1 rings (SSSR count). The first kappa shape index (κ1) is 10.8. The zero-order valence-electron chi connectivity index (χ0n) is 8.95. The van der Waals surface area contributed by atoms with E-state index in [1.165, 1.54) is 4.78 Å². The molecule has 0 N–H and O–H groups in total. The van der Waals surface area contributed by atoms with Crippen molar-refractivity contribution < 1.29 is 0 Å². The van der Waals surface area contributed by atoms with Gasteiger partial charge in [0.1, 0.15) is 0 Å². The first-order chi connectivity index (χ1) is 6.11. The van der Waals surface area contributed by atoms with Gasteiger partial charge in [-0.2, -0.15) is 11.3 Å². The van der Waals surface area contributed by atoms with Crippen LogP contribution in [0.1, 0.15) is 27.7 Å². The van der Waals surface area contributed by atoms with Crippen LogP contribution in [0.25, 0.3) is 0 Å². The highest BCUT2D eigenvalue weighted by molar-refractivity contribution is 7.19. The van der Waals surface area contributed by atoms with Crippen LogP contribution in [0.2, 0.25) is 0 Å². The smallest absolute Gasteiger partial charge is 0.251 e. The number of nitrogens with zero attached hydrogens (tertiary/aromatic N) is 1. The van der Waals surface area contributed by atoms with Gasteiger partial charge in [0.25, 0.3) is 7.41 Å². The molecule has 1 nitrogen and oxygen atoms in total. The molecule has 0 radical (unpaired) electrons. The lowest BCUT2D eigenvalue weighted by molar-refractivity contribution is 0.315. The molecule has 0 saturated heterocycles. The van der Waals surface area contributed by atoms with Gasteiger partial charge in [-0.05, 0) is 22.2 Å². The van der Waals surface area contributed by atoms with E-state index in [1.54, 1.807) is 0 Å². The van der Waals surface area contributed by atoms with Crippen molar-refractivity contribution in [2.75, 3.05) is 0 Å². The highest BCUT2D eigenvalue weighted by atomic mass is 32.1. The molecule has 0 spiro atoms. The first-order valence-electron chi connectivity index (χ1n) is 4.89. The molecule has 0 bridgehead atoms. The number of rotatable bonds is 4. The van der Waals surface area contributed by atoms with Gasteiger partial charge in [-0.3, -0.25) is 0 Å². The molecule has 0 amide bonds. The van der Waals surface area contributed by atoms with Gasteiger partial charge >= 0.3 is 0 Å². The molecule has 72 valence electrons. The summed E-state index contributed by atoms with van der Waals surface area (Å²) in [5, 5.41) is 2.15. The summed E-state index contributed by atoms with van der Waals surface area (Å²) in [5.41, 5.74) is 0. The van der Waals surface area contributed by atoms with Gasteiger partial charge in [0, 0.05) is 0 Å². The lowest BCUT2D eigenvalue weighted by Gasteiger charge is -2.29. The van der Waals surface area contributed by atoms with E-state index >= 15 is 0 Å². The van der Waals surface area contributed by atoms with Gasteiger partial charge in [-0.25, -0.2) is 0 Å². The fraction of sp³-hybridized carbons (Fsp3) is 0.600. The average Bonchev–Trinajstić information content (AvgIpc) is 2.50. The Kier molecular flexibility index (Phi) is 4.01. The Balaban J connectivity index is 2.58. The van der Waals surface area contributed by atoms with Crippen molar-refractivity contribution in [2.24, 2.45) is 0 Å². The fourth-order valence-electron chi connectivity index (χ4n) is 1.54. The van der Waals surface area contributed by atoms with Crippen LogP contribution in [0.4, 0.5) is 0 Å². The average molecular weight is 195 g/mol. The van der Waals surface area contributed by atoms with Gasteiger partial charge in [-0.15, -0.1) is 0 Å². The van der Waals surface area contributed by atoms with Crippen LogP contribution in [0.5, 0.6) is 0 Å². The zero-order chi connectivity index (χ0) is 9.84. The van der Waals surface area contributed by atoms with Crippen LogP contribution >= 0.6 is 11.3 Å². The zero-order valence-corrected chi connectivity index (χ0v) is 9.77. The Hall–Kier alpha value is -0.275. The largest absolute Gasteiger partial charge is 0.336 e. The second kappa shape index (κ2) is 4.82. The van der Waals surface area contributed by atoms with Crippen molar-refractivity contribution in [3.63, 3.8) is 0 Å². The summed E-state index contributed by atoms with van der Waals surface area (Å²) in [7, 11) is 1.09. The Morgan fingerprint density at radius 2 is 1.85 bits per heavy atom. The van der Waals surface area contributed by atoms with E-state index in [-0.39, 0.29) is 0 Å². The summed E-state index contributed by atoms with van der Waals surface area (Å²) < 4.78 is 1.46. The van der Waals surface area contributed by atoms with Crippen LogP contribution < -0.4 is 4.78 Å². The Labute approximate surface area is 86.0 Å². The monoisotopic (exact) mass is 195 g/mol. The molecular formula is C10H18BNS. The molecule has 13 heavy (non-hydrogen) atoms. The highest BCUT2D eigenvalue weighted by Crippen LogP contribution is 2.04. The Morgan fingerprint density at radius 3 is 2.23 bits per heavy atom. The van der Waals surface area contributed by atoms with Crippen LogP contribution in [-0.4, -0.2) is 24.3 Å². The maximum atomic E-state index is 2.51. The van der Waals surface area contributed by atoms with E-state index in [1.807, 2.05) is 11.3 Å². The van der Waals surface area contributed by atoms with E-state index in [2.05, 4.69) is 50.0 Å². The molecule has 0 saturated carbocycles. The molecule has 0 aromatic carbocycles. The molecule has 0 aliphatic heterocycles. The maximum absolute atomic E-state index is 2.51. The summed E-state index contributed by atoms with van der Waals surface area (Å²) in [6.45, 7) is 9.03. The SMILES string of the molecule is CC(C)N(Bc1cccs1)C(C)C. The molecule has 0 fully saturated rings. The first-order valence-corrected chi connectivity index (χ1v) is 5.77. The normalized spacial score (nSPS) is 11.6. The third-order valence-corrected chi connectivity index (χ3v) is 3.11. The minimum atomic E-state index is 0.627. The predicted molar refractivity (Wildman–Crippen MR) is 63.2 cm³/mol. The molecule has 0 unspecified atom stereocenters. The van der Waals surface area contributed by atoms with E-state index in [0.717, 1.165) is 7.41 Å². The number of hydrogen-bond donors (Lipinski definition) is 0. The molecule has 3 heteroatoms. The molecule has 1 heterocycles. The molecular weight excluding hydrogens is 177 g/mol. The predicted octanol–water partition coefficient (Wildman–Crippen LogP) is 1.84. The van der Waals surface area contributed by atoms with Gasteiger partial charge in [-0.1, -0.05) is 39.8 Å². The molecule has 0 aliphatic carbocycles. The second-order valence-corrected chi connectivity index (χ2v) is 4.97. The second-order valence-electron chi connectivity index (χ2n) is 3.94. The maximum Gasteiger partial charge on any atom is 0.251 e. The van der Waals surface area contributed by atoms with Crippen LogP contribution in [0, 0.1) is 0 Å². The van der Waals surface area contributed by atoms with Crippen molar-refractivity contribution in [3.05, 3.63) is 17.5 Å². The quantitative estimate of drug-likeness (QED) is 0.662. The summed E-state index contributed by atoms with van der Waals surface area (Å²) in [4.78, 5) is 2.51. The number of thiophene rings is 1. The molecule has 0 atom stereocenters. The minimum Gasteiger partial charge on any atom is -0.336 e. The van der Waals surface area contributed by atoms with Gasteiger partial charge in [0.2, 0.25) is 0 Å². The highest BCUT2D eigenvalue weighted by Gasteiger charge is 2.15. The van der Waals surface area contributed by atoms with Crippen molar-refractivity contribution in [1.82, 2.24) is 4.81 Å². The third kappa shape index (κ3) is 3.16. The third-order valence-electron chi connectivity index (χ3n) is 2.25. The van der Waals surface area contributed by atoms with Crippen molar-refractivity contribution in [3.8, 4) is 0 Å². The minimum absolute atomic E-state index is 0.627. The van der Waals surface area contributed by atoms with Crippen molar-refractivity contribution in [1.29, 1.82) is 0 Å². The molecule has 0 aliphatic rings. The van der Waals surface area contributed by atoms with Crippen molar-refractivity contribution >= 4 is 23.5 Å². The fourth-order valence-corrected chi connectivity index (χ4v) is 2.26. The van der Waals surface area contributed by atoms with Gasteiger partial charge in [0.15, 0.2) is 0 Å². The van der Waals surface area contributed by atoms with E-state index in [4.69, 9.17) is 0 Å². The number of hydrogen-bond acceptors (Lipinski definition) is 2. The summed E-state index contributed by atoms with van der Waals surface area (Å²) >= 11 is 1.84. The Morgan fingerprint density at radius 1 is 1.23 bits per heavy atom. The van der Waals surface area contributed by atoms with Gasteiger partial charge in [0.05, 0.1) is 0 Å².